The Labute approximate surface area is 177 Å². The zero-order valence-electron chi connectivity index (χ0n) is 16.2. The van der Waals surface area contributed by atoms with Gasteiger partial charge in [-0.1, -0.05) is 23.4 Å². The minimum absolute atomic E-state index is 0.0174. The molecule has 0 unspecified atom stereocenters. The summed E-state index contributed by atoms with van der Waals surface area (Å²) in [5.41, 5.74) is 1.04. The van der Waals surface area contributed by atoms with Crippen molar-refractivity contribution in [3.05, 3.63) is 50.1 Å². The number of rotatable bonds is 9. The van der Waals surface area contributed by atoms with Gasteiger partial charge in [-0.3, -0.25) is 9.36 Å². The second-order valence-corrected chi connectivity index (χ2v) is 9.01. The number of fused-ring (bicyclic) bond motifs is 1. The fourth-order valence-electron chi connectivity index (χ4n) is 2.74. The van der Waals surface area contributed by atoms with Gasteiger partial charge in [0.1, 0.15) is 10.6 Å². The Morgan fingerprint density at radius 3 is 2.68 bits per heavy atom. The van der Waals surface area contributed by atoms with Gasteiger partial charge in [0, 0.05) is 22.8 Å². The molecule has 3 aromatic rings. The molecule has 1 aromatic carbocycles. The summed E-state index contributed by atoms with van der Waals surface area (Å²) in [5, 5.41) is 2.16. The summed E-state index contributed by atoms with van der Waals surface area (Å²) in [6.07, 6.45) is 0.841. The van der Waals surface area contributed by atoms with Crippen LogP contribution in [-0.4, -0.2) is 35.6 Å². The maximum atomic E-state index is 13.0. The number of thioether (sulfide) groups is 1. The number of hydrogen-bond donors (Lipinski definition) is 0. The Kier molecular flexibility index (Phi) is 7.40. The van der Waals surface area contributed by atoms with Crippen LogP contribution in [-0.2, 0) is 11.3 Å². The van der Waals surface area contributed by atoms with Crippen molar-refractivity contribution in [3.8, 4) is 5.75 Å². The molecule has 0 aliphatic carbocycles. The first-order valence-corrected chi connectivity index (χ1v) is 11.2. The molecule has 2 aromatic heterocycles. The molecule has 0 amide bonds. The van der Waals surface area contributed by atoms with E-state index in [4.69, 9.17) is 26.1 Å². The van der Waals surface area contributed by atoms with E-state index >= 15 is 0 Å². The highest BCUT2D eigenvalue weighted by Gasteiger charge is 2.16. The van der Waals surface area contributed by atoms with Gasteiger partial charge in [-0.05, 0) is 50.1 Å². The lowest BCUT2D eigenvalue weighted by molar-refractivity contribution is 0.183. The lowest BCUT2D eigenvalue weighted by Crippen LogP contribution is -2.25. The van der Waals surface area contributed by atoms with Gasteiger partial charge in [0.15, 0.2) is 5.16 Å². The van der Waals surface area contributed by atoms with Crippen molar-refractivity contribution >= 4 is 44.9 Å². The number of methoxy groups -OCH3 is 1. The Hall–Kier alpha value is -1.54. The average Bonchev–Trinajstić information content (AvgIpc) is 2.96. The zero-order valence-corrected chi connectivity index (χ0v) is 18.5. The van der Waals surface area contributed by atoms with E-state index in [0.29, 0.717) is 24.8 Å². The Morgan fingerprint density at radius 1 is 1.21 bits per heavy atom. The fraction of sp³-hybridized carbons (Fsp3) is 0.400. The van der Waals surface area contributed by atoms with E-state index in [2.05, 4.69) is 0 Å². The summed E-state index contributed by atoms with van der Waals surface area (Å²) in [4.78, 5) is 19.7. The molecule has 5 nitrogen and oxygen atoms in total. The van der Waals surface area contributed by atoms with Gasteiger partial charge in [0.2, 0.25) is 0 Å². The third-order valence-corrected chi connectivity index (χ3v) is 6.79. The number of benzene rings is 1. The van der Waals surface area contributed by atoms with Crippen LogP contribution in [0.25, 0.3) is 10.2 Å². The highest BCUT2D eigenvalue weighted by Crippen LogP contribution is 2.28. The average molecular weight is 439 g/mol. The van der Waals surface area contributed by atoms with Crippen molar-refractivity contribution in [2.45, 2.75) is 32.0 Å². The first-order valence-electron chi connectivity index (χ1n) is 9.02. The largest absolute Gasteiger partial charge is 0.494 e. The molecule has 0 aliphatic heterocycles. The van der Waals surface area contributed by atoms with Crippen LogP contribution in [0.3, 0.4) is 0 Å². The van der Waals surface area contributed by atoms with Gasteiger partial charge in [-0.25, -0.2) is 4.98 Å². The van der Waals surface area contributed by atoms with Crippen LogP contribution in [0.1, 0.15) is 16.9 Å². The van der Waals surface area contributed by atoms with E-state index in [-0.39, 0.29) is 5.56 Å². The van der Waals surface area contributed by atoms with Crippen LogP contribution in [0.5, 0.6) is 5.75 Å². The highest BCUT2D eigenvalue weighted by molar-refractivity contribution is 7.99. The van der Waals surface area contributed by atoms with Crippen LogP contribution >= 0.6 is 34.7 Å². The monoisotopic (exact) mass is 438 g/mol. The predicted octanol–water partition coefficient (Wildman–Crippen LogP) is 4.94. The molecule has 2 heterocycles. The van der Waals surface area contributed by atoms with Crippen LogP contribution in [0.2, 0.25) is 5.02 Å². The summed E-state index contributed by atoms with van der Waals surface area (Å²) in [5.74, 6) is 1.61. The van der Waals surface area contributed by atoms with E-state index in [1.54, 1.807) is 34.8 Å². The van der Waals surface area contributed by atoms with Crippen molar-refractivity contribution < 1.29 is 9.47 Å². The summed E-state index contributed by atoms with van der Waals surface area (Å²) >= 11 is 9.04. The number of thiophene rings is 1. The van der Waals surface area contributed by atoms with E-state index in [1.807, 2.05) is 38.1 Å². The first-order chi connectivity index (χ1) is 13.5. The Bertz CT molecular complexity index is 999. The standard InChI is InChI=1S/C20H23ClN2O3S2/c1-13-14(2)28-18-17(13)19(24)23(9-11-25-3)20(22-18)27-12-4-10-26-16-7-5-15(21)6-8-16/h5-8H,4,9-12H2,1-3H3. The molecule has 0 fully saturated rings. The third-order valence-electron chi connectivity index (χ3n) is 4.38. The molecule has 0 radical (unpaired) electrons. The molecule has 0 saturated heterocycles. The minimum Gasteiger partial charge on any atom is -0.494 e. The fourth-order valence-corrected chi connectivity index (χ4v) is 4.88. The Morgan fingerprint density at radius 2 is 1.96 bits per heavy atom. The molecule has 0 spiro atoms. The second kappa shape index (κ2) is 9.78. The molecule has 0 N–H and O–H groups in total. The van der Waals surface area contributed by atoms with Gasteiger partial charge in [-0.2, -0.15) is 0 Å². The van der Waals surface area contributed by atoms with Crippen molar-refractivity contribution in [2.75, 3.05) is 26.1 Å². The van der Waals surface area contributed by atoms with Gasteiger partial charge in [0.25, 0.3) is 5.56 Å². The smallest absolute Gasteiger partial charge is 0.263 e. The number of nitrogens with zero attached hydrogens (tertiary/aromatic N) is 2. The normalized spacial score (nSPS) is 11.3. The summed E-state index contributed by atoms with van der Waals surface area (Å²) in [7, 11) is 1.64. The Balaban J connectivity index is 1.68. The van der Waals surface area contributed by atoms with E-state index < -0.39 is 0 Å². The maximum absolute atomic E-state index is 13.0. The molecule has 0 saturated carbocycles. The lowest BCUT2D eigenvalue weighted by atomic mass is 10.2. The minimum atomic E-state index is 0.0174. The van der Waals surface area contributed by atoms with Crippen LogP contribution in [0, 0.1) is 13.8 Å². The molecule has 150 valence electrons. The first kappa shape index (κ1) is 21.2. The SMILES string of the molecule is COCCn1c(SCCCOc2ccc(Cl)cc2)nc2sc(C)c(C)c2c1=O. The zero-order chi connectivity index (χ0) is 20.1. The molecule has 28 heavy (non-hydrogen) atoms. The van der Waals surface area contributed by atoms with Gasteiger partial charge in [0.05, 0.1) is 25.1 Å². The highest BCUT2D eigenvalue weighted by atomic mass is 35.5. The molecule has 3 rings (SSSR count). The summed E-state index contributed by atoms with van der Waals surface area (Å²) in [6.45, 7) is 5.58. The van der Waals surface area contributed by atoms with Crippen LogP contribution < -0.4 is 10.3 Å². The van der Waals surface area contributed by atoms with Gasteiger partial charge < -0.3 is 9.47 Å². The number of aromatic nitrogens is 2. The molecular formula is C20H23ClN2O3S2. The number of hydrogen-bond acceptors (Lipinski definition) is 6. The third kappa shape index (κ3) is 4.89. The lowest BCUT2D eigenvalue weighted by Gasteiger charge is -2.12. The van der Waals surface area contributed by atoms with Crippen LogP contribution in [0.15, 0.2) is 34.2 Å². The molecule has 8 heteroatoms. The van der Waals surface area contributed by atoms with Crippen molar-refractivity contribution in [3.63, 3.8) is 0 Å². The molecule has 0 aliphatic rings. The molecule has 0 atom stereocenters. The van der Waals surface area contributed by atoms with Crippen molar-refractivity contribution in [2.24, 2.45) is 0 Å². The van der Waals surface area contributed by atoms with E-state index in [9.17, 15) is 4.79 Å². The summed E-state index contributed by atoms with van der Waals surface area (Å²) in [6, 6.07) is 7.33. The van der Waals surface area contributed by atoms with Crippen LogP contribution in [0.4, 0.5) is 0 Å². The number of halogens is 1. The van der Waals surface area contributed by atoms with E-state index in [1.165, 1.54) is 0 Å². The second-order valence-electron chi connectivity index (χ2n) is 6.31. The summed E-state index contributed by atoms with van der Waals surface area (Å²) < 4.78 is 12.6. The number of ether oxygens (including phenoxy) is 2. The van der Waals surface area contributed by atoms with Gasteiger partial charge in [-0.15, -0.1) is 11.3 Å². The van der Waals surface area contributed by atoms with Crippen molar-refractivity contribution in [1.29, 1.82) is 0 Å². The van der Waals surface area contributed by atoms with E-state index in [0.717, 1.165) is 43.7 Å². The maximum Gasteiger partial charge on any atom is 0.263 e. The topological polar surface area (TPSA) is 53.4 Å². The predicted molar refractivity (Wildman–Crippen MR) is 118 cm³/mol. The quantitative estimate of drug-likeness (QED) is 0.269. The molecular weight excluding hydrogens is 416 g/mol. The number of aryl methyl sites for hydroxylation is 2. The van der Waals surface area contributed by atoms with Gasteiger partial charge >= 0.3 is 0 Å². The van der Waals surface area contributed by atoms with Crippen molar-refractivity contribution in [1.82, 2.24) is 9.55 Å². The molecule has 0 bridgehead atoms.